The van der Waals surface area contributed by atoms with E-state index in [9.17, 15) is 0 Å². The molecule has 1 nitrogen and oxygen atoms in total. The maximum Gasteiger partial charge on any atom is 0.0375 e. The van der Waals surface area contributed by atoms with Gasteiger partial charge in [-0.1, -0.05) is 90.8 Å². The molecule has 0 saturated carbocycles. The van der Waals surface area contributed by atoms with Crippen molar-refractivity contribution in [3.8, 4) is 0 Å². The first-order chi connectivity index (χ1) is 10.7. The highest BCUT2D eigenvalue weighted by molar-refractivity contribution is 5.52. The third kappa shape index (κ3) is 7.33. The van der Waals surface area contributed by atoms with Gasteiger partial charge in [0.1, 0.15) is 0 Å². The second kappa shape index (κ2) is 11.6. The van der Waals surface area contributed by atoms with Gasteiger partial charge in [0, 0.05) is 12.2 Å². The van der Waals surface area contributed by atoms with Gasteiger partial charge in [0.2, 0.25) is 0 Å². The van der Waals surface area contributed by atoms with E-state index in [4.69, 9.17) is 0 Å². The third-order valence-electron chi connectivity index (χ3n) is 4.80. The summed E-state index contributed by atoms with van der Waals surface area (Å²) in [5, 5.41) is 3.66. The highest BCUT2D eigenvalue weighted by Gasteiger charge is 2.13. The van der Waals surface area contributed by atoms with Crippen LogP contribution in [-0.2, 0) is 0 Å². The van der Waals surface area contributed by atoms with Crippen molar-refractivity contribution in [2.75, 3.05) is 11.9 Å². The van der Waals surface area contributed by atoms with Crippen LogP contribution in [0.3, 0.4) is 0 Å². The topological polar surface area (TPSA) is 12.0 Å². The Morgan fingerprint density at radius 1 is 0.818 bits per heavy atom. The molecule has 0 fully saturated rings. The minimum absolute atomic E-state index is 0.613. The van der Waals surface area contributed by atoms with Crippen LogP contribution in [0.25, 0.3) is 0 Å². The lowest BCUT2D eigenvalue weighted by atomic mass is 9.89. The Kier molecular flexibility index (Phi) is 10.0. The first-order valence-corrected chi connectivity index (χ1v) is 9.49. The zero-order valence-electron chi connectivity index (χ0n) is 15.3. The molecule has 0 aliphatic rings. The number of anilines is 1. The molecule has 0 spiro atoms. The fourth-order valence-corrected chi connectivity index (χ4v) is 2.90. The normalized spacial score (nSPS) is 12.6. The zero-order chi connectivity index (χ0) is 16.2. The van der Waals surface area contributed by atoms with E-state index in [1.54, 1.807) is 0 Å². The van der Waals surface area contributed by atoms with Crippen molar-refractivity contribution in [3.05, 3.63) is 29.8 Å². The summed E-state index contributed by atoms with van der Waals surface area (Å²) in [6.07, 6.45) is 11.1. The Morgan fingerprint density at radius 3 is 2.05 bits per heavy atom. The zero-order valence-corrected chi connectivity index (χ0v) is 15.3. The van der Waals surface area contributed by atoms with Gasteiger partial charge in [-0.15, -0.1) is 0 Å². The van der Waals surface area contributed by atoms with Crippen molar-refractivity contribution < 1.29 is 0 Å². The predicted molar refractivity (Wildman–Crippen MR) is 101 cm³/mol. The molecule has 0 amide bonds. The molecule has 1 aromatic rings. The van der Waals surface area contributed by atoms with E-state index in [2.05, 4.69) is 57.3 Å². The number of unbranched alkanes of at least 4 members (excludes halogenated alkanes) is 7. The van der Waals surface area contributed by atoms with Crippen LogP contribution in [0.4, 0.5) is 5.69 Å². The van der Waals surface area contributed by atoms with Crippen LogP contribution in [0, 0.1) is 5.92 Å². The number of benzene rings is 1. The second-order valence-electron chi connectivity index (χ2n) is 7.02. The van der Waals surface area contributed by atoms with Gasteiger partial charge in [-0.25, -0.2) is 0 Å². The highest BCUT2D eigenvalue weighted by Crippen LogP contribution is 2.29. The van der Waals surface area contributed by atoms with Crippen molar-refractivity contribution in [2.24, 2.45) is 5.92 Å². The van der Waals surface area contributed by atoms with Gasteiger partial charge in [-0.3, -0.25) is 0 Å². The Balaban J connectivity index is 2.22. The lowest BCUT2D eigenvalue weighted by molar-refractivity contribution is 0.535. The van der Waals surface area contributed by atoms with Crippen molar-refractivity contribution in [1.82, 2.24) is 0 Å². The number of nitrogens with one attached hydrogen (secondary N) is 1. The van der Waals surface area contributed by atoms with Crippen LogP contribution < -0.4 is 5.32 Å². The molecule has 0 saturated heterocycles. The molecule has 0 aliphatic heterocycles. The molecule has 0 aliphatic carbocycles. The molecule has 1 atom stereocenters. The van der Waals surface area contributed by atoms with E-state index < -0.39 is 0 Å². The van der Waals surface area contributed by atoms with Crippen LogP contribution in [0.2, 0.25) is 0 Å². The minimum Gasteiger partial charge on any atom is -0.385 e. The van der Waals surface area contributed by atoms with E-state index in [1.165, 1.54) is 62.6 Å². The Labute approximate surface area is 138 Å². The monoisotopic (exact) mass is 303 g/mol. The van der Waals surface area contributed by atoms with Crippen LogP contribution in [-0.4, -0.2) is 6.54 Å². The SMILES string of the molecule is CCCCCCCCCCNc1ccccc1C(C)C(C)C. The lowest BCUT2D eigenvalue weighted by Gasteiger charge is -2.20. The minimum atomic E-state index is 0.613. The largest absolute Gasteiger partial charge is 0.385 e. The first-order valence-electron chi connectivity index (χ1n) is 9.49. The average Bonchev–Trinajstić information content (AvgIpc) is 2.53. The summed E-state index contributed by atoms with van der Waals surface area (Å²) in [5.41, 5.74) is 2.81. The fourth-order valence-electron chi connectivity index (χ4n) is 2.90. The second-order valence-corrected chi connectivity index (χ2v) is 7.02. The Morgan fingerprint density at radius 2 is 1.41 bits per heavy atom. The van der Waals surface area contributed by atoms with Gasteiger partial charge in [-0.2, -0.15) is 0 Å². The molecular formula is C21H37N. The van der Waals surface area contributed by atoms with Gasteiger partial charge < -0.3 is 5.32 Å². The van der Waals surface area contributed by atoms with Crippen LogP contribution >= 0.6 is 0 Å². The smallest absolute Gasteiger partial charge is 0.0375 e. The molecule has 0 aromatic heterocycles. The molecule has 1 N–H and O–H groups in total. The summed E-state index contributed by atoms with van der Waals surface area (Å²) in [6.45, 7) is 10.3. The molecule has 1 aromatic carbocycles. The third-order valence-corrected chi connectivity index (χ3v) is 4.80. The van der Waals surface area contributed by atoms with Crippen molar-refractivity contribution in [3.63, 3.8) is 0 Å². The number of rotatable bonds is 12. The standard InChI is InChI=1S/C21H37N/c1-5-6-7-8-9-10-11-14-17-22-21-16-13-12-15-20(21)19(4)18(2)3/h12-13,15-16,18-19,22H,5-11,14,17H2,1-4H3. The quantitative estimate of drug-likeness (QED) is 0.410. The molecule has 0 heterocycles. The fraction of sp³-hybridized carbons (Fsp3) is 0.714. The molecule has 22 heavy (non-hydrogen) atoms. The highest BCUT2D eigenvalue weighted by atomic mass is 14.9. The van der Waals surface area contributed by atoms with E-state index in [0.29, 0.717) is 11.8 Å². The van der Waals surface area contributed by atoms with Crippen molar-refractivity contribution in [1.29, 1.82) is 0 Å². The lowest BCUT2D eigenvalue weighted by Crippen LogP contribution is -2.09. The van der Waals surface area contributed by atoms with Crippen LogP contribution in [0.5, 0.6) is 0 Å². The molecule has 0 radical (unpaired) electrons. The van der Waals surface area contributed by atoms with Gasteiger partial charge in [0.15, 0.2) is 0 Å². The van der Waals surface area contributed by atoms with E-state index in [0.717, 1.165) is 6.54 Å². The summed E-state index contributed by atoms with van der Waals surface area (Å²) in [6, 6.07) is 8.82. The summed E-state index contributed by atoms with van der Waals surface area (Å²) in [4.78, 5) is 0. The maximum absolute atomic E-state index is 3.66. The van der Waals surface area contributed by atoms with Gasteiger partial charge in [-0.05, 0) is 29.9 Å². The molecule has 126 valence electrons. The maximum atomic E-state index is 3.66. The molecular weight excluding hydrogens is 266 g/mol. The molecule has 1 rings (SSSR count). The molecule has 1 unspecified atom stereocenters. The van der Waals surface area contributed by atoms with Crippen molar-refractivity contribution in [2.45, 2.75) is 85.0 Å². The summed E-state index contributed by atoms with van der Waals surface area (Å²) in [7, 11) is 0. The van der Waals surface area contributed by atoms with E-state index >= 15 is 0 Å². The Bertz CT molecular complexity index is 383. The number of hydrogen-bond donors (Lipinski definition) is 1. The van der Waals surface area contributed by atoms with Crippen molar-refractivity contribution >= 4 is 5.69 Å². The molecule has 1 heteroatoms. The molecule has 0 bridgehead atoms. The number of para-hydroxylation sites is 1. The number of hydrogen-bond acceptors (Lipinski definition) is 1. The van der Waals surface area contributed by atoms with Crippen LogP contribution in [0.1, 0.15) is 90.5 Å². The Hall–Kier alpha value is -0.980. The van der Waals surface area contributed by atoms with E-state index in [1.807, 2.05) is 0 Å². The van der Waals surface area contributed by atoms with Gasteiger partial charge in [0.25, 0.3) is 0 Å². The summed E-state index contributed by atoms with van der Waals surface area (Å²) in [5.74, 6) is 1.30. The van der Waals surface area contributed by atoms with Gasteiger partial charge >= 0.3 is 0 Å². The van der Waals surface area contributed by atoms with Gasteiger partial charge in [0.05, 0.1) is 0 Å². The van der Waals surface area contributed by atoms with E-state index in [-0.39, 0.29) is 0 Å². The summed E-state index contributed by atoms with van der Waals surface area (Å²) < 4.78 is 0. The predicted octanol–water partition coefficient (Wildman–Crippen LogP) is 7.00. The van der Waals surface area contributed by atoms with Crippen LogP contribution in [0.15, 0.2) is 24.3 Å². The average molecular weight is 304 g/mol. The summed E-state index contributed by atoms with van der Waals surface area (Å²) >= 11 is 0. The first kappa shape index (κ1) is 19.1.